The number of nitrogens with zero attached hydrogens (tertiary/aromatic N) is 1. The molecule has 1 saturated heterocycles. The predicted octanol–water partition coefficient (Wildman–Crippen LogP) is 3.66. The molecule has 3 rings (SSSR count). The van der Waals surface area contributed by atoms with Gasteiger partial charge in [0, 0.05) is 18.7 Å². The van der Waals surface area contributed by atoms with Gasteiger partial charge in [-0.1, -0.05) is 12.8 Å². The highest BCUT2D eigenvalue weighted by molar-refractivity contribution is 7.89. The zero-order valence-corrected chi connectivity index (χ0v) is 18.0. The number of rotatable bonds is 8. The van der Waals surface area contributed by atoms with Crippen LogP contribution in [-0.2, 0) is 10.0 Å². The Morgan fingerprint density at radius 1 is 1.07 bits per heavy atom. The lowest BCUT2D eigenvalue weighted by Crippen LogP contribution is -2.38. The topological polar surface area (TPSA) is 67.9 Å². The number of likely N-dealkylation sites (tertiary alicyclic amines) is 1. The number of thiophene rings is 1. The second kappa shape index (κ2) is 9.73. The van der Waals surface area contributed by atoms with Crippen LogP contribution in [0.15, 0.2) is 39.9 Å². The molecular formula is C20H28N2O4S2. The Hall–Kier alpha value is -1.61. The molecule has 28 heavy (non-hydrogen) atoms. The zero-order valence-electron chi connectivity index (χ0n) is 16.4. The third-order valence-corrected chi connectivity index (χ3v) is 7.26. The number of ether oxygens (including phenoxy) is 2. The van der Waals surface area contributed by atoms with Gasteiger partial charge >= 0.3 is 0 Å². The number of benzene rings is 1. The lowest BCUT2D eigenvalue weighted by Gasteiger charge is -2.30. The first-order valence-electron chi connectivity index (χ1n) is 9.53. The van der Waals surface area contributed by atoms with Crippen molar-refractivity contribution in [3.05, 3.63) is 40.6 Å². The third-order valence-electron chi connectivity index (χ3n) is 5.14. The summed E-state index contributed by atoms with van der Waals surface area (Å²) in [6, 6.07) is 6.77. The van der Waals surface area contributed by atoms with Gasteiger partial charge in [0.05, 0.1) is 19.1 Å². The molecule has 2 heterocycles. The first kappa shape index (κ1) is 21.1. The molecule has 2 aromatic rings. The average Bonchev–Trinajstić information content (AvgIpc) is 3.10. The van der Waals surface area contributed by atoms with E-state index in [0.29, 0.717) is 18.0 Å². The minimum atomic E-state index is -3.66. The van der Waals surface area contributed by atoms with Gasteiger partial charge in [-0.25, -0.2) is 13.1 Å². The Labute approximate surface area is 171 Å². The number of methoxy groups -OCH3 is 2. The van der Waals surface area contributed by atoms with Crippen molar-refractivity contribution in [2.75, 3.05) is 33.9 Å². The molecule has 154 valence electrons. The molecule has 1 atom stereocenters. The summed E-state index contributed by atoms with van der Waals surface area (Å²) >= 11 is 1.64. The van der Waals surface area contributed by atoms with E-state index in [9.17, 15) is 8.42 Å². The molecule has 8 heteroatoms. The molecule has 1 aliphatic rings. The normalized spacial score (nSPS) is 17.1. The van der Waals surface area contributed by atoms with Crippen molar-refractivity contribution in [1.29, 1.82) is 0 Å². The maximum Gasteiger partial charge on any atom is 0.240 e. The molecule has 0 unspecified atom stereocenters. The standard InChI is InChI=1S/C20H28N2O4S2/c1-25-19-8-7-17(13-20(19)26-2)28(23,24)21-14-18(16-9-12-27-15-16)22-10-5-3-4-6-11-22/h7-9,12-13,15,18,21H,3-6,10-11,14H2,1-2H3/t18-/m0/s1. The maximum atomic E-state index is 12.9. The molecule has 1 aromatic carbocycles. The second-order valence-corrected chi connectivity index (χ2v) is 9.44. The van der Waals surface area contributed by atoms with Gasteiger partial charge in [-0.05, 0) is 60.5 Å². The molecule has 0 bridgehead atoms. The quantitative estimate of drug-likeness (QED) is 0.700. The smallest absolute Gasteiger partial charge is 0.240 e. The Kier molecular flexibility index (Phi) is 7.34. The summed E-state index contributed by atoms with van der Waals surface area (Å²) in [5.41, 5.74) is 1.17. The highest BCUT2D eigenvalue weighted by Gasteiger charge is 2.25. The lowest BCUT2D eigenvalue weighted by atomic mass is 10.1. The molecule has 6 nitrogen and oxygen atoms in total. The van der Waals surface area contributed by atoms with Crippen molar-refractivity contribution in [2.45, 2.75) is 36.6 Å². The number of hydrogen-bond donors (Lipinski definition) is 1. The average molecular weight is 425 g/mol. The first-order valence-corrected chi connectivity index (χ1v) is 12.0. The Morgan fingerprint density at radius 2 is 1.79 bits per heavy atom. The Balaban J connectivity index is 1.78. The van der Waals surface area contributed by atoms with Gasteiger partial charge in [0.15, 0.2) is 11.5 Å². The Morgan fingerprint density at radius 3 is 2.39 bits per heavy atom. The van der Waals surface area contributed by atoms with Crippen LogP contribution >= 0.6 is 11.3 Å². The van der Waals surface area contributed by atoms with E-state index in [1.807, 2.05) is 5.38 Å². The van der Waals surface area contributed by atoms with Crippen LogP contribution in [0, 0.1) is 0 Å². The van der Waals surface area contributed by atoms with Gasteiger partial charge < -0.3 is 9.47 Å². The van der Waals surface area contributed by atoms with Gasteiger partial charge in [0.1, 0.15) is 0 Å². The van der Waals surface area contributed by atoms with E-state index in [1.165, 1.54) is 44.8 Å². The van der Waals surface area contributed by atoms with Gasteiger partial charge in [-0.15, -0.1) is 0 Å². The Bertz CT molecular complexity index is 845. The van der Waals surface area contributed by atoms with E-state index in [2.05, 4.69) is 21.1 Å². The first-order chi connectivity index (χ1) is 13.5. The SMILES string of the molecule is COc1ccc(S(=O)(=O)NC[C@@H](c2ccsc2)N2CCCCCC2)cc1OC. The second-order valence-electron chi connectivity index (χ2n) is 6.89. The largest absolute Gasteiger partial charge is 0.493 e. The van der Waals surface area contributed by atoms with Gasteiger partial charge in [0.25, 0.3) is 0 Å². The highest BCUT2D eigenvalue weighted by Crippen LogP contribution is 2.30. The monoisotopic (exact) mass is 424 g/mol. The minimum absolute atomic E-state index is 0.0410. The van der Waals surface area contributed by atoms with Crippen molar-refractivity contribution in [3.8, 4) is 11.5 Å². The maximum absolute atomic E-state index is 12.9. The van der Waals surface area contributed by atoms with Crippen molar-refractivity contribution < 1.29 is 17.9 Å². The van der Waals surface area contributed by atoms with Crippen LogP contribution in [0.2, 0.25) is 0 Å². The third kappa shape index (κ3) is 5.05. The molecule has 0 amide bonds. The van der Waals surface area contributed by atoms with Crippen molar-refractivity contribution in [1.82, 2.24) is 9.62 Å². The molecule has 0 spiro atoms. The van der Waals surface area contributed by atoms with Crippen LogP contribution in [0.5, 0.6) is 11.5 Å². The van der Waals surface area contributed by atoms with Crippen LogP contribution in [0.1, 0.15) is 37.3 Å². The molecule has 1 N–H and O–H groups in total. The fraction of sp³-hybridized carbons (Fsp3) is 0.500. The molecule has 0 aliphatic carbocycles. The molecular weight excluding hydrogens is 396 g/mol. The zero-order chi connectivity index (χ0) is 20.0. The van der Waals surface area contributed by atoms with E-state index in [-0.39, 0.29) is 10.9 Å². The summed E-state index contributed by atoms with van der Waals surface area (Å²) in [5.74, 6) is 0.898. The number of sulfonamides is 1. The van der Waals surface area contributed by atoms with Crippen LogP contribution in [0.4, 0.5) is 0 Å². The van der Waals surface area contributed by atoms with Crippen molar-refractivity contribution in [2.24, 2.45) is 0 Å². The van der Waals surface area contributed by atoms with E-state index < -0.39 is 10.0 Å². The van der Waals surface area contributed by atoms with Crippen molar-refractivity contribution >= 4 is 21.4 Å². The molecule has 1 aliphatic heterocycles. The van der Waals surface area contributed by atoms with E-state index in [4.69, 9.17) is 9.47 Å². The molecule has 1 aromatic heterocycles. The van der Waals surface area contributed by atoms with E-state index in [0.717, 1.165) is 25.9 Å². The van der Waals surface area contributed by atoms with Gasteiger partial charge in [0.2, 0.25) is 10.0 Å². The summed E-state index contributed by atoms with van der Waals surface area (Å²) in [6.45, 7) is 2.34. The van der Waals surface area contributed by atoms with Crippen LogP contribution in [0.3, 0.4) is 0 Å². The molecule has 1 fully saturated rings. The fourth-order valence-electron chi connectivity index (χ4n) is 3.58. The van der Waals surface area contributed by atoms with Crippen LogP contribution in [0.25, 0.3) is 0 Å². The van der Waals surface area contributed by atoms with Crippen LogP contribution < -0.4 is 14.2 Å². The lowest BCUT2D eigenvalue weighted by molar-refractivity contribution is 0.206. The van der Waals surface area contributed by atoms with Gasteiger partial charge in [-0.2, -0.15) is 11.3 Å². The van der Waals surface area contributed by atoms with E-state index in [1.54, 1.807) is 17.4 Å². The summed E-state index contributed by atoms with van der Waals surface area (Å²) in [5, 5.41) is 4.16. The highest BCUT2D eigenvalue weighted by atomic mass is 32.2. The summed E-state index contributed by atoms with van der Waals surface area (Å²) in [7, 11) is -0.642. The van der Waals surface area contributed by atoms with Crippen molar-refractivity contribution in [3.63, 3.8) is 0 Å². The summed E-state index contributed by atoms with van der Waals surface area (Å²) in [6.07, 6.45) is 4.79. The van der Waals surface area contributed by atoms with Crippen LogP contribution in [-0.4, -0.2) is 47.2 Å². The van der Waals surface area contributed by atoms with Gasteiger partial charge in [-0.3, -0.25) is 4.90 Å². The summed E-state index contributed by atoms with van der Waals surface area (Å²) < 4.78 is 39.0. The molecule has 0 saturated carbocycles. The minimum Gasteiger partial charge on any atom is -0.493 e. The van der Waals surface area contributed by atoms with E-state index >= 15 is 0 Å². The predicted molar refractivity (Wildman–Crippen MR) is 112 cm³/mol. The number of nitrogens with one attached hydrogen (secondary N) is 1. The molecule has 0 radical (unpaired) electrons. The fourth-order valence-corrected chi connectivity index (χ4v) is 5.35. The number of hydrogen-bond acceptors (Lipinski definition) is 6. The summed E-state index contributed by atoms with van der Waals surface area (Å²) in [4.78, 5) is 2.58.